The molecule has 0 saturated carbocycles. The summed E-state index contributed by atoms with van der Waals surface area (Å²) in [6.07, 6.45) is 1.73. The third kappa shape index (κ3) is 6.57. The lowest BCUT2D eigenvalue weighted by atomic mass is 10.1. The van der Waals surface area contributed by atoms with E-state index < -0.39 is 10.0 Å². The molecule has 2 rings (SSSR count). The summed E-state index contributed by atoms with van der Waals surface area (Å²) >= 11 is 0. The smallest absolute Gasteiger partial charge is 0.221 e. The number of amides is 1. The Hall–Kier alpha value is -2.25. The van der Waals surface area contributed by atoms with Gasteiger partial charge in [0.05, 0.1) is 6.26 Å². The average molecular weight is 378 g/mol. The van der Waals surface area contributed by atoms with Gasteiger partial charge in [0.2, 0.25) is 15.9 Å². The van der Waals surface area contributed by atoms with Gasteiger partial charge in [0.15, 0.2) is 0 Å². The Bertz CT molecular complexity index is 826. The number of nitrogens with one attached hydrogen (secondary N) is 1. The predicted molar refractivity (Wildman–Crippen MR) is 99.4 cm³/mol. The van der Waals surface area contributed by atoms with Gasteiger partial charge in [0, 0.05) is 31.6 Å². The maximum Gasteiger partial charge on any atom is 0.221 e. The van der Waals surface area contributed by atoms with Crippen molar-refractivity contribution in [3.63, 3.8) is 0 Å². The Balaban J connectivity index is 1.84. The van der Waals surface area contributed by atoms with E-state index in [9.17, 15) is 17.6 Å². The highest BCUT2D eigenvalue weighted by Gasteiger charge is 2.17. The highest BCUT2D eigenvalue weighted by molar-refractivity contribution is 7.88. The largest absolute Gasteiger partial charge is 0.352 e. The van der Waals surface area contributed by atoms with Crippen LogP contribution in [-0.2, 0) is 27.8 Å². The van der Waals surface area contributed by atoms with Gasteiger partial charge in [-0.3, -0.25) is 4.79 Å². The SMILES string of the molecule is CS(=O)(=O)N(CCC(=O)NCc1ccccc1F)CCc1ccccc1. The molecule has 0 saturated heterocycles. The molecule has 0 aliphatic heterocycles. The average Bonchev–Trinajstić information content (AvgIpc) is 2.60. The molecule has 140 valence electrons. The Morgan fingerprint density at radius 3 is 2.35 bits per heavy atom. The number of rotatable bonds is 9. The fourth-order valence-electron chi connectivity index (χ4n) is 2.49. The van der Waals surface area contributed by atoms with Crippen LogP contribution in [0.1, 0.15) is 17.5 Å². The third-order valence-corrected chi connectivity index (χ3v) is 5.29. The molecule has 0 heterocycles. The molecule has 0 fully saturated rings. The Morgan fingerprint density at radius 2 is 1.69 bits per heavy atom. The number of sulfonamides is 1. The summed E-state index contributed by atoms with van der Waals surface area (Å²) in [6.45, 7) is 0.479. The summed E-state index contributed by atoms with van der Waals surface area (Å²) in [5, 5.41) is 2.62. The zero-order valence-corrected chi connectivity index (χ0v) is 15.5. The van der Waals surface area contributed by atoms with Gasteiger partial charge in [-0.1, -0.05) is 48.5 Å². The monoisotopic (exact) mass is 378 g/mol. The summed E-state index contributed by atoms with van der Waals surface area (Å²) in [6, 6.07) is 15.8. The molecule has 0 unspecified atom stereocenters. The number of hydrogen-bond donors (Lipinski definition) is 1. The highest BCUT2D eigenvalue weighted by Crippen LogP contribution is 2.07. The standard InChI is InChI=1S/C19H23FN2O3S/c1-26(24,25)22(13-11-16-7-3-2-4-8-16)14-12-19(23)21-15-17-9-5-6-10-18(17)20/h2-10H,11-15H2,1H3,(H,21,23). The lowest BCUT2D eigenvalue weighted by Gasteiger charge is -2.19. The predicted octanol–water partition coefficient (Wildman–Crippen LogP) is 2.34. The maximum absolute atomic E-state index is 13.5. The first-order valence-electron chi connectivity index (χ1n) is 8.35. The van der Waals surface area contributed by atoms with Crippen molar-refractivity contribution in [2.45, 2.75) is 19.4 Å². The zero-order chi connectivity index (χ0) is 19.0. The third-order valence-electron chi connectivity index (χ3n) is 3.98. The maximum atomic E-state index is 13.5. The van der Waals surface area contributed by atoms with Crippen molar-refractivity contribution in [2.75, 3.05) is 19.3 Å². The van der Waals surface area contributed by atoms with Crippen molar-refractivity contribution < 1.29 is 17.6 Å². The summed E-state index contributed by atoms with van der Waals surface area (Å²) in [7, 11) is -3.41. The molecule has 0 atom stereocenters. The van der Waals surface area contributed by atoms with Gasteiger partial charge in [-0.05, 0) is 18.1 Å². The molecule has 1 N–H and O–H groups in total. The number of carbonyl (C=O) groups is 1. The van der Waals surface area contributed by atoms with E-state index in [0.717, 1.165) is 11.8 Å². The van der Waals surface area contributed by atoms with Gasteiger partial charge < -0.3 is 5.32 Å². The van der Waals surface area contributed by atoms with Crippen molar-refractivity contribution in [1.29, 1.82) is 0 Å². The van der Waals surface area contributed by atoms with Crippen LogP contribution in [0, 0.1) is 5.82 Å². The molecule has 1 amide bonds. The van der Waals surface area contributed by atoms with Crippen LogP contribution in [0.2, 0.25) is 0 Å². The molecule has 0 aliphatic carbocycles. The van der Waals surface area contributed by atoms with Crippen LogP contribution in [0.25, 0.3) is 0 Å². The molecule has 5 nitrogen and oxygen atoms in total. The fraction of sp³-hybridized carbons (Fsp3) is 0.316. The topological polar surface area (TPSA) is 66.5 Å². The fourth-order valence-corrected chi connectivity index (χ4v) is 3.34. The molecule has 0 bridgehead atoms. The molecule has 0 aromatic heterocycles. The minimum Gasteiger partial charge on any atom is -0.352 e. The van der Waals surface area contributed by atoms with Crippen LogP contribution >= 0.6 is 0 Å². The summed E-state index contributed by atoms with van der Waals surface area (Å²) in [5.41, 5.74) is 1.43. The Labute approximate surface area is 153 Å². The van der Waals surface area contributed by atoms with Crippen molar-refractivity contribution in [2.24, 2.45) is 0 Å². The van der Waals surface area contributed by atoms with Crippen molar-refractivity contribution in [3.8, 4) is 0 Å². The van der Waals surface area contributed by atoms with Crippen molar-refractivity contribution in [3.05, 3.63) is 71.5 Å². The van der Waals surface area contributed by atoms with Crippen LogP contribution in [0.4, 0.5) is 4.39 Å². The molecule has 2 aromatic rings. The van der Waals surface area contributed by atoms with E-state index in [2.05, 4.69) is 5.32 Å². The van der Waals surface area contributed by atoms with Gasteiger partial charge >= 0.3 is 0 Å². The molecular formula is C19H23FN2O3S. The van der Waals surface area contributed by atoms with Crippen LogP contribution in [0.3, 0.4) is 0 Å². The summed E-state index contributed by atoms with van der Waals surface area (Å²) in [5.74, 6) is -0.699. The summed E-state index contributed by atoms with van der Waals surface area (Å²) < 4.78 is 38.7. The van der Waals surface area contributed by atoms with Crippen LogP contribution in [-0.4, -0.2) is 38.0 Å². The minimum absolute atomic E-state index is 0.0241. The number of benzene rings is 2. The van der Waals surface area contributed by atoms with E-state index in [0.29, 0.717) is 18.5 Å². The van der Waals surface area contributed by atoms with Gasteiger partial charge in [-0.25, -0.2) is 17.1 Å². The van der Waals surface area contributed by atoms with Crippen molar-refractivity contribution in [1.82, 2.24) is 9.62 Å². The molecule has 0 radical (unpaired) electrons. The first kappa shape index (κ1) is 20.1. The van der Waals surface area contributed by atoms with Gasteiger partial charge in [0.25, 0.3) is 0 Å². The van der Waals surface area contributed by atoms with E-state index in [1.807, 2.05) is 30.3 Å². The van der Waals surface area contributed by atoms with Gasteiger partial charge in [0.1, 0.15) is 5.82 Å². The molecule has 2 aromatic carbocycles. The minimum atomic E-state index is -3.41. The molecular weight excluding hydrogens is 355 g/mol. The van der Waals surface area contributed by atoms with E-state index in [4.69, 9.17) is 0 Å². The number of carbonyl (C=O) groups excluding carboxylic acids is 1. The van der Waals surface area contributed by atoms with Crippen molar-refractivity contribution >= 4 is 15.9 Å². The zero-order valence-electron chi connectivity index (χ0n) is 14.7. The Kier molecular flexibility index (Phi) is 7.29. The second-order valence-corrected chi connectivity index (χ2v) is 8.00. The second kappa shape index (κ2) is 9.45. The molecule has 26 heavy (non-hydrogen) atoms. The molecule has 7 heteroatoms. The van der Waals surface area contributed by atoms with Gasteiger partial charge in [-0.15, -0.1) is 0 Å². The molecule has 0 spiro atoms. The highest BCUT2D eigenvalue weighted by atomic mass is 32.2. The first-order chi connectivity index (χ1) is 12.4. The normalized spacial score (nSPS) is 11.5. The van der Waals surface area contributed by atoms with Crippen LogP contribution < -0.4 is 5.32 Å². The first-order valence-corrected chi connectivity index (χ1v) is 10.2. The number of halogens is 1. The Morgan fingerprint density at radius 1 is 1.04 bits per heavy atom. The summed E-state index contributed by atoms with van der Waals surface area (Å²) in [4.78, 5) is 12.0. The number of nitrogens with zero attached hydrogens (tertiary/aromatic N) is 1. The lowest BCUT2D eigenvalue weighted by molar-refractivity contribution is -0.121. The molecule has 0 aliphatic rings. The van der Waals surface area contributed by atoms with Gasteiger partial charge in [-0.2, -0.15) is 0 Å². The number of hydrogen-bond acceptors (Lipinski definition) is 3. The van der Waals surface area contributed by atoms with E-state index in [-0.39, 0.29) is 31.2 Å². The quantitative estimate of drug-likeness (QED) is 0.728. The van der Waals surface area contributed by atoms with E-state index in [1.54, 1.807) is 18.2 Å². The van der Waals surface area contributed by atoms with Crippen LogP contribution in [0.15, 0.2) is 54.6 Å². The van der Waals surface area contributed by atoms with Crippen LogP contribution in [0.5, 0.6) is 0 Å². The van der Waals surface area contributed by atoms with E-state index in [1.165, 1.54) is 10.4 Å². The lowest BCUT2D eigenvalue weighted by Crippen LogP contribution is -2.36. The second-order valence-electron chi connectivity index (χ2n) is 6.02. The van der Waals surface area contributed by atoms with E-state index >= 15 is 0 Å².